The standard InChI is InChI=1S/C20H29N3O4/c1-26-17-11-10-15(13-18(17)27-2)21-19(24)16-9-6-12-23(16)20(25)22-14-7-4-3-5-8-14/h10-11,13-14,16H,3-9,12H2,1-2H3,(H,21,24)(H,22,25)/t16-/m0/s1. The van der Waals surface area contributed by atoms with Crippen molar-refractivity contribution < 1.29 is 19.1 Å². The van der Waals surface area contributed by atoms with Crippen LogP contribution in [0.3, 0.4) is 0 Å². The molecule has 0 radical (unpaired) electrons. The highest BCUT2D eigenvalue weighted by Crippen LogP contribution is 2.30. The van der Waals surface area contributed by atoms with Gasteiger partial charge in [-0.05, 0) is 37.8 Å². The van der Waals surface area contributed by atoms with E-state index in [4.69, 9.17) is 9.47 Å². The molecule has 2 aliphatic rings. The first-order valence-corrected chi connectivity index (χ1v) is 9.72. The average Bonchev–Trinajstić information content (AvgIpc) is 3.19. The van der Waals surface area contributed by atoms with Gasteiger partial charge in [0.15, 0.2) is 11.5 Å². The molecule has 148 valence electrons. The highest BCUT2D eigenvalue weighted by Gasteiger charge is 2.35. The molecule has 0 aromatic heterocycles. The topological polar surface area (TPSA) is 79.9 Å². The first-order chi connectivity index (χ1) is 13.1. The highest BCUT2D eigenvalue weighted by molar-refractivity contribution is 5.97. The van der Waals surface area contributed by atoms with Crippen LogP contribution in [0.1, 0.15) is 44.9 Å². The van der Waals surface area contributed by atoms with Crippen LogP contribution in [-0.2, 0) is 4.79 Å². The second kappa shape index (κ2) is 8.97. The normalized spacial score (nSPS) is 20.2. The zero-order valence-corrected chi connectivity index (χ0v) is 16.1. The van der Waals surface area contributed by atoms with Crippen molar-refractivity contribution >= 4 is 17.6 Å². The summed E-state index contributed by atoms with van der Waals surface area (Å²) in [6.07, 6.45) is 7.14. The lowest BCUT2D eigenvalue weighted by Crippen LogP contribution is -2.50. The predicted molar refractivity (Wildman–Crippen MR) is 103 cm³/mol. The Labute approximate surface area is 160 Å². The maximum atomic E-state index is 12.8. The molecule has 1 atom stereocenters. The summed E-state index contributed by atoms with van der Waals surface area (Å²) in [7, 11) is 3.12. The van der Waals surface area contributed by atoms with Crippen LogP contribution < -0.4 is 20.1 Å². The maximum absolute atomic E-state index is 12.8. The fourth-order valence-corrected chi connectivity index (χ4v) is 3.93. The van der Waals surface area contributed by atoms with Gasteiger partial charge in [-0.1, -0.05) is 19.3 Å². The summed E-state index contributed by atoms with van der Waals surface area (Å²) in [5, 5.41) is 6.02. The summed E-state index contributed by atoms with van der Waals surface area (Å²) >= 11 is 0. The lowest BCUT2D eigenvalue weighted by atomic mass is 9.96. The van der Waals surface area contributed by atoms with Crippen LogP contribution in [0.15, 0.2) is 18.2 Å². The van der Waals surface area contributed by atoms with Gasteiger partial charge in [0.1, 0.15) is 6.04 Å². The summed E-state index contributed by atoms with van der Waals surface area (Å²) < 4.78 is 10.5. The fraction of sp³-hybridized carbons (Fsp3) is 0.600. The molecule has 1 aliphatic heterocycles. The Bertz CT molecular complexity index is 673. The van der Waals surface area contributed by atoms with Crippen LogP contribution in [0.5, 0.6) is 11.5 Å². The number of benzene rings is 1. The largest absolute Gasteiger partial charge is 0.493 e. The van der Waals surface area contributed by atoms with E-state index >= 15 is 0 Å². The fourth-order valence-electron chi connectivity index (χ4n) is 3.93. The van der Waals surface area contributed by atoms with Crippen LogP contribution >= 0.6 is 0 Å². The van der Waals surface area contributed by atoms with Crippen LogP contribution in [0.25, 0.3) is 0 Å². The number of nitrogens with zero attached hydrogens (tertiary/aromatic N) is 1. The number of hydrogen-bond donors (Lipinski definition) is 2. The number of likely N-dealkylation sites (tertiary alicyclic amines) is 1. The molecule has 2 N–H and O–H groups in total. The van der Waals surface area contributed by atoms with Crippen molar-refractivity contribution in [3.63, 3.8) is 0 Å². The van der Waals surface area contributed by atoms with Gasteiger partial charge in [-0.25, -0.2) is 4.79 Å². The second-order valence-corrected chi connectivity index (χ2v) is 7.19. The third kappa shape index (κ3) is 4.64. The zero-order valence-electron chi connectivity index (χ0n) is 16.1. The highest BCUT2D eigenvalue weighted by atomic mass is 16.5. The lowest BCUT2D eigenvalue weighted by Gasteiger charge is -2.29. The van der Waals surface area contributed by atoms with Crippen LogP contribution in [0, 0.1) is 0 Å². The van der Waals surface area contributed by atoms with E-state index in [9.17, 15) is 9.59 Å². The lowest BCUT2D eigenvalue weighted by molar-refractivity contribution is -0.119. The summed E-state index contributed by atoms with van der Waals surface area (Å²) in [5.74, 6) is 0.983. The van der Waals surface area contributed by atoms with E-state index in [-0.39, 0.29) is 18.0 Å². The summed E-state index contributed by atoms with van der Waals surface area (Å²) in [5.41, 5.74) is 0.622. The number of hydrogen-bond acceptors (Lipinski definition) is 4. The van der Waals surface area contributed by atoms with Crippen molar-refractivity contribution in [2.75, 3.05) is 26.1 Å². The third-order valence-electron chi connectivity index (χ3n) is 5.40. The summed E-state index contributed by atoms with van der Waals surface area (Å²) in [6.45, 7) is 0.614. The Balaban J connectivity index is 1.62. The molecule has 1 heterocycles. The molecule has 3 amide bonds. The van der Waals surface area contributed by atoms with Gasteiger partial charge in [-0.2, -0.15) is 0 Å². The Morgan fingerprint density at radius 3 is 2.44 bits per heavy atom. The average molecular weight is 375 g/mol. The van der Waals surface area contributed by atoms with Crippen molar-refractivity contribution in [1.82, 2.24) is 10.2 Å². The van der Waals surface area contributed by atoms with Crippen molar-refractivity contribution in [3.8, 4) is 11.5 Å². The molecule has 0 bridgehead atoms. The van der Waals surface area contributed by atoms with E-state index < -0.39 is 6.04 Å². The van der Waals surface area contributed by atoms with E-state index in [1.165, 1.54) is 6.42 Å². The molecule has 1 aromatic rings. The first kappa shape index (κ1) is 19.3. The zero-order chi connectivity index (χ0) is 19.2. The Morgan fingerprint density at radius 1 is 1.00 bits per heavy atom. The monoisotopic (exact) mass is 375 g/mol. The smallest absolute Gasteiger partial charge is 0.318 e. The molecule has 7 heteroatoms. The quantitative estimate of drug-likeness (QED) is 0.829. The summed E-state index contributed by atoms with van der Waals surface area (Å²) in [6, 6.07) is 4.91. The predicted octanol–water partition coefficient (Wildman–Crippen LogP) is 3.15. The van der Waals surface area contributed by atoms with Gasteiger partial charge in [0.2, 0.25) is 5.91 Å². The van der Waals surface area contributed by atoms with Gasteiger partial charge in [-0.15, -0.1) is 0 Å². The van der Waals surface area contributed by atoms with E-state index in [0.29, 0.717) is 30.2 Å². The van der Waals surface area contributed by atoms with Gasteiger partial charge in [0.05, 0.1) is 14.2 Å². The van der Waals surface area contributed by atoms with E-state index in [1.54, 1.807) is 37.3 Å². The van der Waals surface area contributed by atoms with Crippen molar-refractivity contribution in [2.24, 2.45) is 0 Å². The minimum atomic E-state index is -0.443. The molecule has 2 fully saturated rings. The molecule has 1 aromatic carbocycles. The van der Waals surface area contributed by atoms with Crippen LogP contribution in [0.2, 0.25) is 0 Å². The van der Waals surface area contributed by atoms with Crippen molar-refractivity contribution in [1.29, 1.82) is 0 Å². The van der Waals surface area contributed by atoms with Crippen molar-refractivity contribution in [3.05, 3.63) is 18.2 Å². The number of rotatable bonds is 5. The van der Waals surface area contributed by atoms with Gasteiger partial charge >= 0.3 is 6.03 Å². The Kier molecular flexibility index (Phi) is 6.42. The molecule has 0 unspecified atom stereocenters. The molecule has 1 saturated heterocycles. The number of carbonyl (C=O) groups excluding carboxylic acids is 2. The Hall–Kier alpha value is -2.44. The molecule has 3 rings (SSSR count). The van der Waals surface area contributed by atoms with Crippen molar-refractivity contribution in [2.45, 2.75) is 57.0 Å². The Morgan fingerprint density at radius 2 is 1.74 bits per heavy atom. The molecular formula is C20H29N3O4. The van der Waals surface area contributed by atoms with E-state index in [1.807, 2.05) is 0 Å². The van der Waals surface area contributed by atoms with Gasteiger partial charge < -0.3 is 25.0 Å². The van der Waals surface area contributed by atoms with E-state index in [0.717, 1.165) is 32.1 Å². The molecule has 0 spiro atoms. The molecule has 1 aliphatic carbocycles. The number of methoxy groups -OCH3 is 2. The van der Waals surface area contributed by atoms with Gasteiger partial charge in [0.25, 0.3) is 0 Å². The molecule has 27 heavy (non-hydrogen) atoms. The molecule has 1 saturated carbocycles. The van der Waals surface area contributed by atoms with Gasteiger partial charge in [-0.3, -0.25) is 4.79 Å². The minimum absolute atomic E-state index is 0.119. The first-order valence-electron chi connectivity index (χ1n) is 9.72. The van der Waals surface area contributed by atoms with Gasteiger partial charge in [0, 0.05) is 24.3 Å². The number of anilines is 1. The summed E-state index contributed by atoms with van der Waals surface area (Å²) in [4.78, 5) is 27.1. The number of carbonyl (C=O) groups is 2. The number of urea groups is 1. The SMILES string of the molecule is COc1ccc(NC(=O)[C@@H]2CCCN2C(=O)NC2CCCCC2)cc1OC. The molecule has 7 nitrogen and oxygen atoms in total. The van der Waals surface area contributed by atoms with Crippen LogP contribution in [0.4, 0.5) is 10.5 Å². The number of amides is 3. The number of nitrogens with one attached hydrogen (secondary N) is 2. The van der Waals surface area contributed by atoms with Crippen LogP contribution in [-0.4, -0.2) is 49.7 Å². The molecular weight excluding hydrogens is 346 g/mol. The second-order valence-electron chi connectivity index (χ2n) is 7.19. The third-order valence-corrected chi connectivity index (χ3v) is 5.40. The maximum Gasteiger partial charge on any atom is 0.318 e. The minimum Gasteiger partial charge on any atom is -0.493 e. The van der Waals surface area contributed by atoms with E-state index in [2.05, 4.69) is 10.6 Å². The number of ether oxygens (including phenoxy) is 2.